The van der Waals surface area contributed by atoms with Crippen LogP contribution in [-0.2, 0) is 9.53 Å². The summed E-state index contributed by atoms with van der Waals surface area (Å²) >= 11 is 11.9. The minimum atomic E-state index is -5.08. The van der Waals surface area contributed by atoms with Crippen LogP contribution < -0.4 is 16.0 Å². The summed E-state index contributed by atoms with van der Waals surface area (Å²) in [7, 11) is 0. The molecule has 0 aliphatic carbocycles. The molecule has 2 atom stereocenters. The van der Waals surface area contributed by atoms with Crippen molar-refractivity contribution in [2.75, 3.05) is 26.4 Å². The van der Waals surface area contributed by atoms with Crippen molar-refractivity contribution < 1.29 is 36.9 Å². The highest BCUT2D eigenvalue weighted by atomic mass is 35.5. The van der Waals surface area contributed by atoms with Crippen molar-refractivity contribution in [3.8, 4) is 5.75 Å². The molecule has 0 radical (unpaired) electrons. The second-order valence-electron chi connectivity index (χ2n) is 8.25. The van der Waals surface area contributed by atoms with Crippen LogP contribution >= 0.6 is 23.2 Å². The fraction of sp³-hybridized carbons (Fsp3) is 0.348. The van der Waals surface area contributed by atoms with Crippen LogP contribution in [0.4, 0.5) is 23.2 Å². The van der Waals surface area contributed by atoms with E-state index in [9.17, 15) is 17.6 Å². The number of ether oxygens (including phenoxy) is 2. The summed E-state index contributed by atoms with van der Waals surface area (Å²) in [6.45, 7) is 2.33. The summed E-state index contributed by atoms with van der Waals surface area (Å²) in [5.41, 5.74) is 8.30. The van der Waals surface area contributed by atoms with Crippen LogP contribution in [0.2, 0.25) is 10.0 Å². The van der Waals surface area contributed by atoms with Gasteiger partial charge in [-0.1, -0.05) is 23.2 Å². The van der Waals surface area contributed by atoms with E-state index in [1.165, 1.54) is 12.1 Å². The van der Waals surface area contributed by atoms with Crippen molar-refractivity contribution in [3.05, 3.63) is 57.5 Å². The van der Waals surface area contributed by atoms with Crippen LogP contribution in [0, 0.1) is 5.82 Å². The van der Waals surface area contributed by atoms with Gasteiger partial charge in [0.1, 0.15) is 11.4 Å². The van der Waals surface area contributed by atoms with Gasteiger partial charge in [-0.3, -0.25) is 0 Å². The smallest absolute Gasteiger partial charge is 0.490 e. The molecule has 198 valence electrons. The first-order valence-corrected chi connectivity index (χ1v) is 11.7. The molecule has 0 amide bonds. The lowest BCUT2D eigenvalue weighted by Gasteiger charge is -2.17. The minimum absolute atomic E-state index is 0.0762. The maximum absolute atomic E-state index is 14.6. The number of aromatic nitrogens is 2. The van der Waals surface area contributed by atoms with Crippen LogP contribution in [0.5, 0.6) is 5.75 Å². The van der Waals surface area contributed by atoms with Crippen molar-refractivity contribution in [2.45, 2.75) is 24.6 Å². The first-order valence-electron chi connectivity index (χ1n) is 10.9. The number of hydrogen-bond donors (Lipinski definition) is 2. The number of carboxylic acids is 1. The molecule has 8 nitrogen and oxygen atoms in total. The summed E-state index contributed by atoms with van der Waals surface area (Å²) < 4.78 is 59.8. The number of benzene rings is 2. The topological polar surface area (TPSA) is 112 Å². The summed E-state index contributed by atoms with van der Waals surface area (Å²) in [5.74, 6) is -2.53. The molecule has 5 rings (SSSR count). The van der Waals surface area contributed by atoms with E-state index in [1.807, 2.05) is 12.1 Å². The maximum Gasteiger partial charge on any atom is 0.490 e. The van der Waals surface area contributed by atoms with Crippen LogP contribution in [0.15, 0.2) is 35.6 Å². The summed E-state index contributed by atoms with van der Waals surface area (Å²) in [6, 6.07) is 7.17. The molecule has 3 heterocycles. The van der Waals surface area contributed by atoms with Crippen molar-refractivity contribution >= 4 is 45.8 Å². The second-order valence-corrected chi connectivity index (χ2v) is 9.04. The average Bonchev–Trinajstić information content (AvgIpc) is 3.53. The Morgan fingerprint density at radius 3 is 2.62 bits per heavy atom. The molecule has 1 saturated heterocycles. The lowest BCUT2D eigenvalue weighted by atomic mass is 9.99. The van der Waals surface area contributed by atoms with Crippen molar-refractivity contribution in [1.82, 2.24) is 9.55 Å². The Labute approximate surface area is 217 Å². The first-order chi connectivity index (χ1) is 17.5. The van der Waals surface area contributed by atoms with Gasteiger partial charge in [0.05, 0.1) is 41.1 Å². The molecule has 0 spiro atoms. The molecule has 37 heavy (non-hydrogen) atoms. The molecule has 1 fully saturated rings. The van der Waals surface area contributed by atoms with Crippen molar-refractivity contribution in [2.24, 2.45) is 10.7 Å². The summed E-state index contributed by atoms with van der Waals surface area (Å²) in [6.07, 6.45) is -2.47. The number of rotatable bonds is 3. The van der Waals surface area contributed by atoms with E-state index in [0.29, 0.717) is 31.9 Å². The van der Waals surface area contributed by atoms with Gasteiger partial charge in [-0.2, -0.15) is 13.2 Å². The van der Waals surface area contributed by atoms with E-state index in [0.717, 1.165) is 28.6 Å². The zero-order chi connectivity index (χ0) is 26.9. The Morgan fingerprint density at radius 2 is 2.00 bits per heavy atom. The third-order valence-electron chi connectivity index (χ3n) is 5.90. The maximum atomic E-state index is 14.6. The number of alkyl halides is 3. The fourth-order valence-corrected chi connectivity index (χ4v) is 4.29. The third kappa shape index (κ3) is 5.66. The zero-order valence-electron chi connectivity index (χ0n) is 18.9. The number of carbonyl (C=O) groups is 1. The SMILES string of the molecule is NCC1COc2cc3c(cc21)/c(=N/c1ccc(Cl)c(Cl)c1F)ncn3[C@H]1CCOC1.O=C(O)C(F)(F)F. The Morgan fingerprint density at radius 1 is 1.27 bits per heavy atom. The molecule has 0 saturated carbocycles. The third-order valence-corrected chi connectivity index (χ3v) is 6.68. The Balaban J connectivity index is 0.000000405. The molecule has 0 bridgehead atoms. The fourth-order valence-electron chi connectivity index (χ4n) is 3.98. The number of nitrogens with two attached hydrogens (primary N) is 1. The molecular formula is C23H20Cl2F4N4O4. The molecular weight excluding hydrogens is 543 g/mol. The van der Waals surface area contributed by atoms with E-state index in [1.54, 1.807) is 6.33 Å². The number of hydrogen-bond acceptors (Lipinski definition) is 6. The molecule has 2 aliphatic heterocycles. The number of aliphatic carboxylic acids is 1. The lowest BCUT2D eigenvalue weighted by Crippen LogP contribution is -2.21. The van der Waals surface area contributed by atoms with Gasteiger partial charge in [0.15, 0.2) is 11.3 Å². The Hall–Kier alpha value is -2.93. The van der Waals surface area contributed by atoms with Gasteiger partial charge in [0, 0.05) is 36.1 Å². The van der Waals surface area contributed by atoms with E-state index >= 15 is 0 Å². The first kappa shape index (κ1) is 27.1. The van der Waals surface area contributed by atoms with Gasteiger partial charge >= 0.3 is 12.1 Å². The quantitative estimate of drug-likeness (QED) is 0.352. The highest BCUT2D eigenvalue weighted by molar-refractivity contribution is 6.42. The van der Waals surface area contributed by atoms with E-state index in [2.05, 4.69) is 14.5 Å². The van der Waals surface area contributed by atoms with Gasteiger partial charge < -0.3 is 24.9 Å². The predicted octanol–water partition coefficient (Wildman–Crippen LogP) is 4.74. The van der Waals surface area contributed by atoms with Crippen LogP contribution in [0.1, 0.15) is 23.9 Å². The van der Waals surface area contributed by atoms with E-state index < -0.39 is 18.0 Å². The molecule has 2 aromatic carbocycles. The predicted molar refractivity (Wildman–Crippen MR) is 127 cm³/mol. The van der Waals surface area contributed by atoms with Crippen LogP contribution in [0.3, 0.4) is 0 Å². The molecule has 3 N–H and O–H groups in total. The lowest BCUT2D eigenvalue weighted by molar-refractivity contribution is -0.192. The highest BCUT2D eigenvalue weighted by Gasteiger charge is 2.38. The standard InChI is InChI=1S/C21H19Cl2FN4O2.C2HF3O2/c22-15-1-2-16(20(24)19(15)23)27-21-14-5-13-11(7-25)8-30-18(13)6-17(14)28(10-26-21)12-3-4-29-9-12;3-2(4,5)1(6)7/h1-2,5-6,10-12H,3-4,7-9,25H2;(H,6,7)/b27-21-;/t11?,12-;/m0./s1. The van der Waals surface area contributed by atoms with Gasteiger partial charge in [0.2, 0.25) is 0 Å². The van der Waals surface area contributed by atoms with Crippen molar-refractivity contribution in [1.29, 1.82) is 0 Å². The molecule has 3 aromatic rings. The largest absolute Gasteiger partial charge is 0.493 e. The van der Waals surface area contributed by atoms with Gasteiger partial charge in [-0.25, -0.2) is 19.2 Å². The molecule has 1 aromatic heterocycles. The average molecular weight is 563 g/mol. The van der Waals surface area contributed by atoms with Gasteiger partial charge in [0.25, 0.3) is 0 Å². The van der Waals surface area contributed by atoms with Crippen LogP contribution in [-0.4, -0.2) is 53.2 Å². The number of fused-ring (bicyclic) bond motifs is 2. The van der Waals surface area contributed by atoms with Gasteiger partial charge in [-0.15, -0.1) is 0 Å². The van der Waals surface area contributed by atoms with E-state index in [-0.39, 0.29) is 27.7 Å². The zero-order valence-corrected chi connectivity index (χ0v) is 20.4. The number of carboxylic acid groups (broad SMARTS) is 1. The van der Waals surface area contributed by atoms with Gasteiger partial charge in [-0.05, 0) is 24.6 Å². The Kier molecular flexibility index (Phi) is 7.93. The molecule has 1 unspecified atom stereocenters. The second kappa shape index (κ2) is 10.8. The molecule has 2 aliphatic rings. The van der Waals surface area contributed by atoms with Crippen molar-refractivity contribution in [3.63, 3.8) is 0 Å². The Bertz CT molecular complexity index is 1410. The monoisotopic (exact) mass is 562 g/mol. The summed E-state index contributed by atoms with van der Waals surface area (Å²) in [5, 5.41) is 7.89. The normalized spacial score (nSPS) is 19.4. The van der Waals surface area contributed by atoms with E-state index in [4.69, 9.17) is 48.3 Å². The number of halogens is 6. The number of nitrogens with zero attached hydrogens (tertiary/aromatic N) is 3. The highest BCUT2D eigenvalue weighted by Crippen LogP contribution is 2.37. The molecule has 14 heteroatoms. The van der Waals surface area contributed by atoms with Crippen LogP contribution in [0.25, 0.3) is 10.9 Å². The summed E-state index contributed by atoms with van der Waals surface area (Å²) in [4.78, 5) is 17.9. The minimum Gasteiger partial charge on any atom is -0.493 e.